The van der Waals surface area contributed by atoms with E-state index in [4.69, 9.17) is 4.98 Å². The maximum absolute atomic E-state index is 13.5. The van der Waals surface area contributed by atoms with Gasteiger partial charge < -0.3 is 14.8 Å². The lowest BCUT2D eigenvalue weighted by atomic mass is 10.1. The van der Waals surface area contributed by atoms with Crippen LogP contribution in [0.15, 0.2) is 67.3 Å². The van der Waals surface area contributed by atoms with Crippen LogP contribution in [0.2, 0.25) is 0 Å². The molecule has 0 radical (unpaired) electrons. The molecule has 1 fully saturated rings. The summed E-state index contributed by atoms with van der Waals surface area (Å²) in [5, 5.41) is 0. The van der Waals surface area contributed by atoms with E-state index in [2.05, 4.69) is 29.7 Å². The van der Waals surface area contributed by atoms with Crippen LogP contribution in [0.25, 0.3) is 22.6 Å². The molecule has 30 heavy (non-hydrogen) atoms. The molecule has 4 aromatic rings. The summed E-state index contributed by atoms with van der Waals surface area (Å²) in [5.41, 5.74) is 2.32. The highest BCUT2D eigenvalue weighted by Crippen LogP contribution is 2.30. The van der Waals surface area contributed by atoms with Crippen LogP contribution in [0, 0.1) is 5.82 Å². The average molecular weight is 401 g/mol. The molecule has 0 atom stereocenters. The number of anilines is 2. The number of H-pyrrole nitrogens is 1. The predicted octanol–water partition coefficient (Wildman–Crippen LogP) is 3.39. The first-order chi connectivity index (χ1) is 14.8. The van der Waals surface area contributed by atoms with Gasteiger partial charge in [0.15, 0.2) is 0 Å². The molecule has 8 heteroatoms. The second kappa shape index (κ2) is 7.90. The summed E-state index contributed by atoms with van der Waals surface area (Å²) >= 11 is 0. The van der Waals surface area contributed by atoms with E-state index in [1.54, 1.807) is 30.7 Å². The molecule has 5 rings (SSSR count). The molecule has 1 N–H and O–H groups in total. The van der Waals surface area contributed by atoms with Gasteiger partial charge in [0.05, 0.1) is 11.3 Å². The molecule has 0 unspecified atom stereocenters. The first-order valence-corrected chi connectivity index (χ1v) is 9.81. The summed E-state index contributed by atoms with van der Waals surface area (Å²) in [6.07, 6.45) is 7.04. The Bertz CT molecular complexity index is 1110. The number of pyridine rings is 1. The van der Waals surface area contributed by atoms with Gasteiger partial charge in [-0.05, 0) is 36.4 Å². The standard InChI is InChI=1S/C22H20FN7/c23-17-6-4-16(5-7-17)20-18(21-25-9-10-26-21)15-27-22(28-20)30-13-11-29(12-14-30)19-3-1-2-8-24-19/h1-10,15H,11-14H2,(H,25,26). The van der Waals surface area contributed by atoms with E-state index in [9.17, 15) is 4.39 Å². The number of aromatic amines is 1. The van der Waals surface area contributed by atoms with Gasteiger partial charge in [0.1, 0.15) is 17.5 Å². The maximum atomic E-state index is 13.5. The van der Waals surface area contributed by atoms with Crippen LogP contribution in [-0.2, 0) is 0 Å². The first kappa shape index (κ1) is 18.2. The van der Waals surface area contributed by atoms with Crippen molar-refractivity contribution < 1.29 is 4.39 Å². The van der Waals surface area contributed by atoms with Crippen molar-refractivity contribution in [3.63, 3.8) is 0 Å². The fourth-order valence-electron chi connectivity index (χ4n) is 3.61. The highest BCUT2D eigenvalue weighted by Gasteiger charge is 2.22. The largest absolute Gasteiger partial charge is 0.353 e. The molecule has 150 valence electrons. The summed E-state index contributed by atoms with van der Waals surface area (Å²) in [7, 11) is 0. The van der Waals surface area contributed by atoms with Crippen molar-refractivity contribution in [3.05, 3.63) is 73.1 Å². The zero-order valence-electron chi connectivity index (χ0n) is 16.2. The lowest BCUT2D eigenvalue weighted by molar-refractivity contribution is 0.628. The third-order valence-corrected chi connectivity index (χ3v) is 5.18. The Kier molecular flexibility index (Phi) is 4.80. The third kappa shape index (κ3) is 3.59. The Morgan fingerprint density at radius 1 is 0.833 bits per heavy atom. The van der Waals surface area contributed by atoms with E-state index < -0.39 is 0 Å². The van der Waals surface area contributed by atoms with Crippen LogP contribution < -0.4 is 9.80 Å². The monoisotopic (exact) mass is 401 g/mol. The minimum Gasteiger partial charge on any atom is -0.353 e. The number of hydrogen-bond donors (Lipinski definition) is 1. The summed E-state index contributed by atoms with van der Waals surface area (Å²) in [5.74, 6) is 2.04. The fraction of sp³-hybridized carbons (Fsp3) is 0.182. The molecule has 1 aliphatic rings. The summed E-state index contributed by atoms with van der Waals surface area (Å²) < 4.78 is 13.5. The van der Waals surface area contributed by atoms with Gasteiger partial charge in [-0.25, -0.2) is 24.3 Å². The van der Waals surface area contributed by atoms with Gasteiger partial charge >= 0.3 is 0 Å². The van der Waals surface area contributed by atoms with Crippen LogP contribution in [0.5, 0.6) is 0 Å². The van der Waals surface area contributed by atoms with E-state index >= 15 is 0 Å². The third-order valence-electron chi connectivity index (χ3n) is 5.18. The van der Waals surface area contributed by atoms with E-state index in [0.717, 1.165) is 48.8 Å². The Balaban J connectivity index is 1.44. The molecule has 3 aromatic heterocycles. The smallest absolute Gasteiger partial charge is 0.226 e. The van der Waals surface area contributed by atoms with E-state index in [0.29, 0.717) is 11.8 Å². The van der Waals surface area contributed by atoms with Crippen LogP contribution in [0.1, 0.15) is 0 Å². The number of imidazole rings is 1. The van der Waals surface area contributed by atoms with Gasteiger partial charge in [0, 0.05) is 56.5 Å². The topological polar surface area (TPSA) is 73.8 Å². The number of halogens is 1. The molecule has 7 nitrogen and oxygen atoms in total. The molecule has 0 amide bonds. The number of aromatic nitrogens is 5. The second-order valence-corrected chi connectivity index (χ2v) is 7.04. The van der Waals surface area contributed by atoms with Crippen LogP contribution in [-0.4, -0.2) is 51.1 Å². The molecule has 0 aliphatic carbocycles. The Hall–Kier alpha value is -3.81. The SMILES string of the molecule is Fc1ccc(-c2nc(N3CCN(c4ccccn4)CC3)ncc2-c2ncc[nH]2)cc1. The van der Waals surface area contributed by atoms with Crippen molar-refractivity contribution in [2.45, 2.75) is 0 Å². The molecular weight excluding hydrogens is 381 g/mol. The number of nitrogens with one attached hydrogen (secondary N) is 1. The summed E-state index contributed by atoms with van der Waals surface area (Å²) in [4.78, 5) is 25.8. The van der Waals surface area contributed by atoms with Crippen molar-refractivity contribution >= 4 is 11.8 Å². The highest BCUT2D eigenvalue weighted by molar-refractivity contribution is 5.77. The minimum atomic E-state index is -0.279. The second-order valence-electron chi connectivity index (χ2n) is 7.04. The Labute approximate surface area is 173 Å². The zero-order valence-corrected chi connectivity index (χ0v) is 16.2. The van der Waals surface area contributed by atoms with Gasteiger partial charge in [-0.2, -0.15) is 0 Å². The normalized spacial score (nSPS) is 14.2. The number of piperazine rings is 1. The summed E-state index contributed by atoms with van der Waals surface area (Å²) in [6.45, 7) is 3.26. The maximum Gasteiger partial charge on any atom is 0.226 e. The van der Waals surface area contributed by atoms with Gasteiger partial charge in [0.2, 0.25) is 5.95 Å². The average Bonchev–Trinajstić information content (AvgIpc) is 3.35. The van der Waals surface area contributed by atoms with Gasteiger partial charge in [-0.15, -0.1) is 0 Å². The van der Waals surface area contributed by atoms with Crippen molar-refractivity contribution in [1.29, 1.82) is 0 Å². The quantitative estimate of drug-likeness (QED) is 0.565. The number of benzene rings is 1. The number of hydrogen-bond acceptors (Lipinski definition) is 6. The van der Waals surface area contributed by atoms with Crippen LogP contribution >= 0.6 is 0 Å². The van der Waals surface area contributed by atoms with Gasteiger partial charge in [-0.3, -0.25) is 0 Å². The van der Waals surface area contributed by atoms with Gasteiger partial charge in [-0.1, -0.05) is 6.07 Å². The number of nitrogens with zero attached hydrogens (tertiary/aromatic N) is 6. The first-order valence-electron chi connectivity index (χ1n) is 9.81. The fourth-order valence-corrected chi connectivity index (χ4v) is 3.61. The molecule has 0 bridgehead atoms. The number of rotatable bonds is 4. The minimum absolute atomic E-state index is 0.279. The molecule has 0 spiro atoms. The van der Waals surface area contributed by atoms with Gasteiger partial charge in [0.25, 0.3) is 0 Å². The van der Waals surface area contributed by atoms with E-state index in [-0.39, 0.29) is 5.82 Å². The Morgan fingerprint density at radius 2 is 1.63 bits per heavy atom. The lowest BCUT2D eigenvalue weighted by Crippen LogP contribution is -2.47. The zero-order chi connectivity index (χ0) is 20.3. The molecule has 1 aromatic carbocycles. The van der Waals surface area contributed by atoms with Crippen LogP contribution in [0.3, 0.4) is 0 Å². The molecule has 4 heterocycles. The highest BCUT2D eigenvalue weighted by atomic mass is 19.1. The van der Waals surface area contributed by atoms with Crippen molar-refractivity contribution in [1.82, 2.24) is 24.9 Å². The van der Waals surface area contributed by atoms with Crippen LogP contribution in [0.4, 0.5) is 16.2 Å². The van der Waals surface area contributed by atoms with E-state index in [1.807, 2.05) is 24.4 Å². The Morgan fingerprint density at radius 3 is 2.33 bits per heavy atom. The molecule has 1 aliphatic heterocycles. The summed E-state index contributed by atoms with van der Waals surface area (Å²) in [6, 6.07) is 12.3. The molecule has 0 saturated carbocycles. The predicted molar refractivity (Wildman–Crippen MR) is 114 cm³/mol. The lowest BCUT2D eigenvalue weighted by Gasteiger charge is -2.35. The van der Waals surface area contributed by atoms with Crippen molar-refractivity contribution in [3.8, 4) is 22.6 Å². The van der Waals surface area contributed by atoms with Crippen molar-refractivity contribution in [2.75, 3.05) is 36.0 Å². The molecule has 1 saturated heterocycles. The molecular formula is C22H20FN7. The van der Waals surface area contributed by atoms with Crippen molar-refractivity contribution in [2.24, 2.45) is 0 Å². The van der Waals surface area contributed by atoms with E-state index in [1.165, 1.54) is 12.1 Å².